The van der Waals surface area contributed by atoms with Crippen LogP contribution in [0.3, 0.4) is 0 Å². The first kappa shape index (κ1) is 13.6. The van der Waals surface area contributed by atoms with Gasteiger partial charge in [0.15, 0.2) is 0 Å². The lowest BCUT2D eigenvalue weighted by atomic mass is 9.85. The van der Waals surface area contributed by atoms with E-state index < -0.39 is 0 Å². The largest absolute Gasteiger partial charge is 0.375 e. The molecule has 0 bridgehead atoms. The maximum absolute atomic E-state index is 6.17. The van der Waals surface area contributed by atoms with Crippen molar-refractivity contribution < 1.29 is 4.74 Å². The van der Waals surface area contributed by atoms with Crippen LogP contribution in [0.2, 0.25) is 0 Å². The van der Waals surface area contributed by atoms with Crippen LogP contribution < -0.4 is 5.32 Å². The molecule has 4 heteroatoms. The summed E-state index contributed by atoms with van der Waals surface area (Å²) in [6.07, 6.45) is 7.80. The van der Waals surface area contributed by atoms with E-state index in [1.165, 1.54) is 61.5 Å². The molecule has 3 rings (SSSR count). The molecule has 104 valence electrons. The maximum atomic E-state index is 6.17. The van der Waals surface area contributed by atoms with Gasteiger partial charge in [-0.3, -0.25) is 0 Å². The van der Waals surface area contributed by atoms with Crippen LogP contribution in [0.15, 0.2) is 0 Å². The molecule has 0 amide bonds. The Morgan fingerprint density at radius 3 is 2.67 bits per heavy atom. The third-order valence-electron chi connectivity index (χ3n) is 4.53. The Kier molecular flexibility index (Phi) is 4.82. The fraction of sp³-hybridized carbons (Fsp3) is 1.00. The smallest absolute Gasteiger partial charge is 0.0713 e. The fourth-order valence-corrected chi connectivity index (χ4v) is 5.79. The van der Waals surface area contributed by atoms with Gasteiger partial charge in [0, 0.05) is 24.4 Å². The molecule has 18 heavy (non-hydrogen) atoms. The second-order valence-electron chi connectivity index (χ2n) is 5.91. The number of ether oxygens (including phenoxy) is 1. The lowest BCUT2D eigenvalue weighted by molar-refractivity contribution is -0.0940. The molecule has 2 nitrogen and oxygen atoms in total. The van der Waals surface area contributed by atoms with Crippen molar-refractivity contribution in [3.05, 3.63) is 0 Å². The van der Waals surface area contributed by atoms with Gasteiger partial charge in [-0.1, -0.05) is 0 Å². The van der Waals surface area contributed by atoms with E-state index in [0.29, 0.717) is 6.04 Å². The minimum Gasteiger partial charge on any atom is -0.375 e. The number of nitrogens with one attached hydrogen (secondary N) is 1. The topological polar surface area (TPSA) is 21.3 Å². The molecule has 1 N–H and O–H groups in total. The highest BCUT2D eigenvalue weighted by Crippen LogP contribution is 2.37. The molecule has 3 aliphatic rings. The number of rotatable bonds is 2. The Morgan fingerprint density at radius 2 is 1.89 bits per heavy atom. The number of hydrogen-bond acceptors (Lipinski definition) is 4. The van der Waals surface area contributed by atoms with Gasteiger partial charge in [-0.25, -0.2) is 0 Å². The van der Waals surface area contributed by atoms with Crippen molar-refractivity contribution >= 4 is 23.5 Å². The van der Waals surface area contributed by atoms with Crippen LogP contribution >= 0.6 is 23.5 Å². The van der Waals surface area contributed by atoms with Gasteiger partial charge >= 0.3 is 0 Å². The van der Waals surface area contributed by atoms with E-state index in [4.69, 9.17) is 4.74 Å². The first-order chi connectivity index (χ1) is 8.86. The number of thioether (sulfide) groups is 2. The quantitative estimate of drug-likeness (QED) is 0.842. The minimum absolute atomic E-state index is 0.239. The van der Waals surface area contributed by atoms with E-state index in [1.807, 2.05) is 0 Å². The van der Waals surface area contributed by atoms with Crippen molar-refractivity contribution in [2.24, 2.45) is 0 Å². The lowest BCUT2D eigenvalue weighted by Crippen LogP contribution is -2.51. The maximum Gasteiger partial charge on any atom is 0.0713 e. The zero-order chi connectivity index (χ0) is 12.3. The predicted octanol–water partition coefficient (Wildman–Crippen LogP) is 2.92. The zero-order valence-corrected chi connectivity index (χ0v) is 12.8. The van der Waals surface area contributed by atoms with Crippen molar-refractivity contribution in [2.45, 2.75) is 56.2 Å². The molecule has 0 aliphatic carbocycles. The molecule has 3 saturated heterocycles. The Morgan fingerprint density at radius 1 is 1.00 bits per heavy atom. The summed E-state index contributed by atoms with van der Waals surface area (Å²) < 4.78 is 6.17. The van der Waals surface area contributed by atoms with Crippen molar-refractivity contribution in [1.82, 2.24) is 5.32 Å². The van der Waals surface area contributed by atoms with Crippen molar-refractivity contribution in [1.29, 1.82) is 0 Å². The molecule has 1 spiro atoms. The van der Waals surface area contributed by atoms with E-state index >= 15 is 0 Å². The fourth-order valence-electron chi connectivity index (χ4n) is 3.47. The molecular weight excluding hydrogens is 262 g/mol. The molecular formula is C14H25NOS2. The second kappa shape index (κ2) is 6.38. The highest BCUT2D eigenvalue weighted by atomic mass is 32.2. The van der Waals surface area contributed by atoms with Crippen molar-refractivity contribution in [3.63, 3.8) is 0 Å². The lowest BCUT2D eigenvalue weighted by Gasteiger charge is -2.44. The van der Waals surface area contributed by atoms with Crippen LogP contribution in [0.1, 0.15) is 38.5 Å². The van der Waals surface area contributed by atoms with Crippen LogP contribution in [-0.4, -0.2) is 47.3 Å². The van der Waals surface area contributed by atoms with Crippen LogP contribution in [0.4, 0.5) is 0 Å². The highest BCUT2D eigenvalue weighted by molar-refractivity contribution is 7.99. The Labute approximate surface area is 119 Å². The molecule has 3 fully saturated rings. The van der Waals surface area contributed by atoms with Crippen LogP contribution in [0.25, 0.3) is 0 Å². The average Bonchev–Trinajstić information content (AvgIpc) is 2.41. The van der Waals surface area contributed by atoms with E-state index in [0.717, 1.165) is 12.6 Å². The van der Waals surface area contributed by atoms with E-state index in [2.05, 4.69) is 28.8 Å². The van der Waals surface area contributed by atoms with Gasteiger partial charge in [0.1, 0.15) is 0 Å². The molecule has 0 aromatic carbocycles. The van der Waals surface area contributed by atoms with Crippen LogP contribution in [-0.2, 0) is 4.74 Å². The zero-order valence-electron chi connectivity index (χ0n) is 11.2. The molecule has 0 saturated carbocycles. The van der Waals surface area contributed by atoms with Gasteiger partial charge in [-0.2, -0.15) is 23.5 Å². The molecule has 2 atom stereocenters. The Hall–Kier alpha value is 0.620. The average molecular weight is 287 g/mol. The standard InChI is InChI=1S/C14H25NOS2/c1-2-13(11-18-7-1)15-12-3-6-16-14(10-12)4-8-17-9-5-14/h12-13,15H,1-11H2. The second-order valence-corrected chi connectivity index (χ2v) is 8.29. The van der Waals surface area contributed by atoms with Crippen molar-refractivity contribution in [3.8, 4) is 0 Å². The van der Waals surface area contributed by atoms with E-state index in [1.54, 1.807) is 0 Å². The number of hydrogen-bond donors (Lipinski definition) is 1. The minimum atomic E-state index is 0.239. The third kappa shape index (κ3) is 3.38. The monoisotopic (exact) mass is 287 g/mol. The summed E-state index contributed by atoms with van der Waals surface area (Å²) in [7, 11) is 0. The van der Waals surface area contributed by atoms with Gasteiger partial charge in [-0.15, -0.1) is 0 Å². The molecule has 0 radical (unpaired) electrons. The highest BCUT2D eigenvalue weighted by Gasteiger charge is 2.39. The molecule has 3 aliphatic heterocycles. The van der Waals surface area contributed by atoms with Gasteiger partial charge < -0.3 is 10.1 Å². The summed E-state index contributed by atoms with van der Waals surface area (Å²) >= 11 is 4.22. The van der Waals surface area contributed by atoms with E-state index in [-0.39, 0.29) is 5.60 Å². The summed E-state index contributed by atoms with van der Waals surface area (Å²) in [5, 5.41) is 3.92. The molecule has 2 unspecified atom stereocenters. The van der Waals surface area contributed by atoms with Crippen LogP contribution in [0.5, 0.6) is 0 Å². The Bertz CT molecular complexity index is 257. The molecule has 3 heterocycles. The first-order valence-electron chi connectivity index (χ1n) is 7.42. The molecule has 0 aromatic heterocycles. The predicted molar refractivity (Wildman–Crippen MR) is 81.7 cm³/mol. The SMILES string of the molecule is C1CSCC(NC2CCOC3(CCSCC3)C2)C1. The van der Waals surface area contributed by atoms with Gasteiger partial charge in [0.05, 0.1) is 5.60 Å². The normalized spacial score (nSPS) is 36.7. The van der Waals surface area contributed by atoms with Crippen LogP contribution in [0, 0.1) is 0 Å². The van der Waals surface area contributed by atoms with Gasteiger partial charge in [-0.05, 0) is 55.8 Å². The van der Waals surface area contributed by atoms with Gasteiger partial charge in [0.2, 0.25) is 0 Å². The third-order valence-corrected chi connectivity index (χ3v) is 6.73. The van der Waals surface area contributed by atoms with Gasteiger partial charge in [0.25, 0.3) is 0 Å². The Balaban J connectivity index is 1.52. The van der Waals surface area contributed by atoms with E-state index in [9.17, 15) is 0 Å². The molecule has 0 aromatic rings. The van der Waals surface area contributed by atoms with Crippen molar-refractivity contribution in [2.75, 3.05) is 29.6 Å². The summed E-state index contributed by atoms with van der Waals surface area (Å²) in [6, 6.07) is 1.48. The first-order valence-corrected chi connectivity index (χ1v) is 9.73. The summed E-state index contributed by atoms with van der Waals surface area (Å²) in [6.45, 7) is 0.974. The summed E-state index contributed by atoms with van der Waals surface area (Å²) in [5.41, 5.74) is 0.239. The summed E-state index contributed by atoms with van der Waals surface area (Å²) in [5.74, 6) is 5.28. The summed E-state index contributed by atoms with van der Waals surface area (Å²) in [4.78, 5) is 0.